The lowest BCUT2D eigenvalue weighted by molar-refractivity contribution is -0.115. The van der Waals surface area contributed by atoms with E-state index in [1.807, 2.05) is 37.3 Å². The van der Waals surface area contributed by atoms with Gasteiger partial charge >= 0.3 is 0 Å². The second-order valence-electron chi connectivity index (χ2n) is 7.30. The number of fused-ring (bicyclic) bond motifs is 1. The molecule has 4 aromatic rings. The van der Waals surface area contributed by atoms with Crippen LogP contribution in [0.15, 0.2) is 76.9 Å². The predicted octanol–water partition coefficient (Wildman–Crippen LogP) is 4.08. The van der Waals surface area contributed by atoms with Crippen molar-refractivity contribution in [3.8, 4) is 0 Å². The van der Waals surface area contributed by atoms with Crippen LogP contribution >= 0.6 is 11.8 Å². The molecular formula is C24H22FN5O2S. The van der Waals surface area contributed by atoms with E-state index in [0.717, 1.165) is 17.3 Å². The number of hydrogen-bond donors (Lipinski definition) is 1. The third-order valence-electron chi connectivity index (χ3n) is 5.07. The maximum Gasteiger partial charge on any atom is 0.282 e. The Kier molecular flexibility index (Phi) is 7.09. The Labute approximate surface area is 194 Å². The van der Waals surface area contributed by atoms with Gasteiger partial charge in [-0.1, -0.05) is 61.2 Å². The van der Waals surface area contributed by atoms with Crippen molar-refractivity contribution in [2.45, 2.75) is 36.7 Å². The van der Waals surface area contributed by atoms with Crippen molar-refractivity contribution in [1.29, 1.82) is 0 Å². The van der Waals surface area contributed by atoms with Crippen LogP contribution < -0.4 is 10.9 Å². The number of aromatic nitrogens is 4. The van der Waals surface area contributed by atoms with E-state index < -0.39 is 11.1 Å². The molecule has 0 radical (unpaired) electrons. The van der Waals surface area contributed by atoms with Crippen molar-refractivity contribution in [3.05, 3.63) is 88.7 Å². The Morgan fingerprint density at radius 1 is 1.09 bits per heavy atom. The Bertz CT molecular complexity index is 1330. The molecule has 0 saturated carbocycles. The van der Waals surface area contributed by atoms with Crippen molar-refractivity contribution >= 4 is 34.5 Å². The number of thioether (sulfide) groups is 1. The van der Waals surface area contributed by atoms with Gasteiger partial charge in [0.2, 0.25) is 5.91 Å². The number of aryl methyl sites for hydroxylation is 1. The minimum absolute atomic E-state index is 0.111. The molecule has 2 aromatic heterocycles. The van der Waals surface area contributed by atoms with Crippen LogP contribution in [0.4, 0.5) is 10.1 Å². The van der Waals surface area contributed by atoms with E-state index in [0.29, 0.717) is 24.5 Å². The molecule has 2 heterocycles. The number of nitrogens with zero attached hydrogens (tertiary/aromatic N) is 4. The molecule has 9 heteroatoms. The summed E-state index contributed by atoms with van der Waals surface area (Å²) in [5.41, 5.74) is 1.28. The van der Waals surface area contributed by atoms with Gasteiger partial charge in [-0.05, 0) is 30.5 Å². The van der Waals surface area contributed by atoms with Crippen molar-refractivity contribution < 1.29 is 9.18 Å². The summed E-state index contributed by atoms with van der Waals surface area (Å²) in [4.78, 5) is 39.0. The number of rotatable bonds is 8. The van der Waals surface area contributed by atoms with E-state index in [2.05, 4.69) is 20.3 Å². The Hall–Kier alpha value is -3.59. The third-order valence-corrected chi connectivity index (χ3v) is 6.42. The van der Waals surface area contributed by atoms with Gasteiger partial charge in [0.15, 0.2) is 16.3 Å². The minimum Gasteiger partial charge on any atom is -0.323 e. The highest BCUT2D eigenvalue weighted by Crippen LogP contribution is 2.26. The SMILES string of the molecule is CC[C@H](Sc1nc2nccnc2c(=O)n1CCc1ccccc1)C(=O)Nc1ccccc1F. The highest BCUT2D eigenvalue weighted by molar-refractivity contribution is 8.00. The molecule has 0 fully saturated rings. The summed E-state index contributed by atoms with van der Waals surface area (Å²) in [6.07, 6.45) is 3.99. The topological polar surface area (TPSA) is 89.8 Å². The first-order valence-corrected chi connectivity index (χ1v) is 11.4. The molecule has 0 unspecified atom stereocenters. The summed E-state index contributed by atoms with van der Waals surface area (Å²) in [6, 6.07) is 15.8. The third kappa shape index (κ3) is 5.25. The zero-order valence-corrected chi connectivity index (χ0v) is 18.8. The number of amides is 1. The van der Waals surface area contributed by atoms with Gasteiger partial charge in [-0.3, -0.25) is 14.2 Å². The normalized spacial score (nSPS) is 11.9. The standard InChI is InChI=1S/C24H22FN5O2S/c1-2-19(22(31)28-18-11-7-6-10-17(18)25)33-24-29-21-20(26-13-14-27-21)23(32)30(24)15-12-16-8-4-3-5-9-16/h3-11,13-14,19H,2,12,15H2,1H3,(H,28,31)/t19-/m0/s1. The largest absolute Gasteiger partial charge is 0.323 e. The molecule has 168 valence electrons. The molecule has 0 bridgehead atoms. The predicted molar refractivity (Wildman–Crippen MR) is 127 cm³/mol. The Morgan fingerprint density at radius 2 is 1.82 bits per heavy atom. The van der Waals surface area contributed by atoms with Crippen LogP contribution in [-0.4, -0.2) is 30.7 Å². The molecule has 2 aromatic carbocycles. The molecule has 0 aliphatic rings. The summed E-state index contributed by atoms with van der Waals surface area (Å²) >= 11 is 1.16. The number of anilines is 1. The van der Waals surface area contributed by atoms with Crippen molar-refractivity contribution in [2.75, 3.05) is 5.32 Å². The van der Waals surface area contributed by atoms with Gasteiger partial charge in [0, 0.05) is 18.9 Å². The molecule has 1 amide bonds. The van der Waals surface area contributed by atoms with E-state index >= 15 is 0 Å². The number of halogens is 1. The molecular weight excluding hydrogens is 441 g/mol. The van der Waals surface area contributed by atoms with E-state index in [1.165, 1.54) is 29.1 Å². The van der Waals surface area contributed by atoms with Crippen LogP contribution in [0.25, 0.3) is 11.2 Å². The lowest BCUT2D eigenvalue weighted by Gasteiger charge is -2.18. The summed E-state index contributed by atoms with van der Waals surface area (Å²) in [5.74, 6) is -0.875. The van der Waals surface area contributed by atoms with Crippen LogP contribution in [0, 0.1) is 5.82 Å². The van der Waals surface area contributed by atoms with Crippen molar-refractivity contribution in [1.82, 2.24) is 19.5 Å². The average molecular weight is 464 g/mol. The zero-order chi connectivity index (χ0) is 23.2. The van der Waals surface area contributed by atoms with E-state index in [-0.39, 0.29) is 28.3 Å². The van der Waals surface area contributed by atoms with Gasteiger partial charge in [-0.15, -0.1) is 0 Å². The summed E-state index contributed by atoms with van der Waals surface area (Å²) < 4.78 is 15.5. The molecule has 4 rings (SSSR count). The minimum atomic E-state index is -0.589. The molecule has 0 spiro atoms. The highest BCUT2D eigenvalue weighted by atomic mass is 32.2. The molecule has 0 aliphatic carbocycles. The Morgan fingerprint density at radius 3 is 2.58 bits per heavy atom. The number of carbonyl (C=O) groups is 1. The van der Waals surface area contributed by atoms with Gasteiger partial charge in [0.05, 0.1) is 10.9 Å². The van der Waals surface area contributed by atoms with E-state index in [9.17, 15) is 14.0 Å². The maximum atomic E-state index is 14.0. The first kappa shape index (κ1) is 22.6. The van der Waals surface area contributed by atoms with Crippen LogP contribution in [0.1, 0.15) is 18.9 Å². The summed E-state index contributed by atoms with van der Waals surface area (Å²) in [7, 11) is 0. The second kappa shape index (κ2) is 10.4. The van der Waals surface area contributed by atoms with Crippen molar-refractivity contribution in [3.63, 3.8) is 0 Å². The Balaban J connectivity index is 1.65. The second-order valence-corrected chi connectivity index (χ2v) is 8.47. The molecule has 1 atom stereocenters. The first-order chi connectivity index (χ1) is 16.1. The molecule has 0 aliphatic heterocycles. The van der Waals surface area contributed by atoms with Gasteiger partial charge in [-0.25, -0.2) is 19.3 Å². The van der Waals surface area contributed by atoms with Gasteiger partial charge < -0.3 is 5.32 Å². The van der Waals surface area contributed by atoms with Gasteiger partial charge in [0.25, 0.3) is 5.56 Å². The van der Waals surface area contributed by atoms with Crippen LogP contribution in [-0.2, 0) is 17.8 Å². The molecule has 33 heavy (non-hydrogen) atoms. The number of para-hydroxylation sites is 1. The molecule has 7 nitrogen and oxygen atoms in total. The smallest absolute Gasteiger partial charge is 0.282 e. The molecule has 0 saturated heterocycles. The molecule has 1 N–H and O–H groups in total. The average Bonchev–Trinajstić information content (AvgIpc) is 2.84. The fraction of sp³-hybridized carbons (Fsp3) is 0.208. The zero-order valence-electron chi connectivity index (χ0n) is 17.9. The number of carbonyl (C=O) groups excluding carboxylic acids is 1. The summed E-state index contributed by atoms with van der Waals surface area (Å²) in [6.45, 7) is 2.22. The maximum absolute atomic E-state index is 14.0. The van der Waals surface area contributed by atoms with E-state index in [4.69, 9.17) is 0 Å². The fourth-order valence-electron chi connectivity index (χ4n) is 3.33. The first-order valence-electron chi connectivity index (χ1n) is 10.5. The van der Waals surface area contributed by atoms with Crippen molar-refractivity contribution in [2.24, 2.45) is 0 Å². The van der Waals surface area contributed by atoms with E-state index in [1.54, 1.807) is 12.1 Å². The highest BCUT2D eigenvalue weighted by Gasteiger charge is 2.23. The summed E-state index contributed by atoms with van der Waals surface area (Å²) in [5, 5.41) is 2.42. The number of nitrogens with one attached hydrogen (secondary N) is 1. The lowest BCUT2D eigenvalue weighted by Crippen LogP contribution is -2.29. The number of benzene rings is 2. The van der Waals surface area contributed by atoms with Crippen LogP contribution in [0.5, 0.6) is 0 Å². The fourth-order valence-corrected chi connectivity index (χ4v) is 4.35. The quantitative estimate of drug-likeness (QED) is 0.313. The monoisotopic (exact) mass is 463 g/mol. The van der Waals surface area contributed by atoms with Crippen LogP contribution in [0.2, 0.25) is 0 Å². The van der Waals surface area contributed by atoms with Gasteiger partial charge in [0.1, 0.15) is 5.82 Å². The lowest BCUT2D eigenvalue weighted by atomic mass is 10.1. The van der Waals surface area contributed by atoms with Gasteiger partial charge in [-0.2, -0.15) is 0 Å². The van der Waals surface area contributed by atoms with Crippen LogP contribution in [0.3, 0.4) is 0 Å². The number of hydrogen-bond acceptors (Lipinski definition) is 6.